The zero-order chi connectivity index (χ0) is 12.4. The molecule has 3 rings (SSSR count). The lowest BCUT2D eigenvalue weighted by Gasteiger charge is -2.25. The highest BCUT2D eigenvalue weighted by atomic mass is 16.3. The summed E-state index contributed by atoms with van der Waals surface area (Å²) in [6.07, 6.45) is 2.40. The average molecular weight is 237 g/mol. The van der Waals surface area contributed by atoms with Crippen LogP contribution in [0.5, 0.6) is 0 Å². The van der Waals surface area contributed by atoms with E-state index in [1.807, 2.05) is 13.8 Å². The predicted molar refractivity (Wildman–Crippen MR) is 60.8 cm³/mol. The summed E-state index contributed by atoms with van der Waals surface area (Å²) in [5, 5.41) is 9.75. The largest absolute Gasteiger partial charge is 0.393 e. The van der Waals surface area contributed by atoms with Crippen molar-refractivity contribution >= 4 is 11.8 Å². The molecule has 1 heterocycles. The Morgan fingerprint density at radius 1 is 1.24 bits per heavy atom. The van der Waals surface area contributed by atoms with E-state index in [1.165, 1.54) is 4.90 Å². The van der Waals surface area contributed by atoms with Gasteiger partial charge in [0.05, 0.1) is 17.9 Å². The molecule has 94 valence electrons. The number of carbonyl (C=O) groups is 2. The fourth-order valence-electron chi connectivity index (χ4n) is 3.65. The van der Waals surface area contributed by atoms with Gasteiger partial charge in [-0.05, 0) is 18.3 Å². The van der Waals surface area contributed by atoms with Gasteiger partial charge in [-0.15, -0.1) is 0 Å². The molecular formula is C13H19NO3. The topological polar surface area (TPSA) is 57.6 Å². The lowest BCUT2D eigenvalue weighted by molar-refractivity contribution is -0.144. The van der Waals surface area contributed by atoms with Gasteiger partial charge in [-0.1, -0.05) is 20.3 Å². The van der Waals surface area contributed by atoms with Crippen LogP contribution in [-0.4, -0.2) is 34.5 Å². The molecule has 1 saturated heterocycles. The van der Waals surface area contributed by atoms with Gasteiger partial charge in [0.1, 0.15) is 0 Å². The van der Waals surface area contributed by atoms with Gasteiger partial charge >= 0.3 is 0 Å². The Morgan fingerprint density at radius 3 is 2.29 bits per heavy atom. The van der Waals surface area contributed by atoms with Crippen LogP contribution in [0.4, 0.5) is 0 Å². The van der Waals surface area contributed by atoms with Crippen LogP contribution < -0.4 is 0 Å². The molecule has 17 heavy (non-hydrogen) atoms. The number of aliphatic hydroxyl groups excluding tert-OH is 1. The van der Waals surface area contributed by atoms with E-state index in [0.29, 0.717) is 6.54 Å². The minimum atomic E-state index is -0.333. The molecule has 1 N–H and O–H groups in total. The van der Waals surface area contributed by atoms with Crippen molar-refractivity contribution in [2.45, 2.75) is 39.2 Å². The van der Waals surface area contributed by atoms with Gasteiger partial charge in [0, 0.05) is 12.5 Å². The molecular weight excluding hydrogens is 218 g/mol. The maximum Gasteiger partial charge on any atom is 0.233 e. The molecule has 2 saturated carbocycles. The number of rotatable bonds is 2. The lowest BCUT2D eigenvalue weighted by Crippen LogP contribution is -2.41. The zero-order valence-electron chi connectivity index (χ0n) is 10.3. The number of piperidine rings is 1. The number of hydrogen-bond acceptors (Lipinski definition) is 3. The normalized spacial score (nSPS) is 43.1. The summed E-state index contributed by atoms with van der Waals surface area (Å²) in [4.78, 5) is 25.6. The van der Waals surface area contributed by atoms with Crippen molar-refractivity contribution in [3.8, 4) is 0 Å². The molecule has 4 unspecified atom stereocenters. The molecule has 0 bridgehead atoms. The Balaban J connectivity index is 1.71. The third-order valence-corrected chi connectivity index (χ3v) is 4.93. The smallest absolute Gasteiger partial charge is 0.233 e. The van der Waals surface area contributed by atoms with Gasteiger partial charge in [-0.2, -0.15) is 0 Å². The Kier molecular flexibility index (Phi) is 2.18. The number of nitrogens with zero attached hydrogens (tertiary/aromatic N) is 1. The van der Waals surface area contributed by atoms with Crippen molar-refractivity contribution in [2.24, 2.45) is 23.2 Å². The minimum absolute atomic E-state index is 0.0101. The van der Waals surface area contributed by atoms with Crippen LogP contribution in [0.25, 0.3) is 0 Å². The van der Waals surface area contributed by atoms with E-state index >= 15 is 0 Å². The molecule has 2 amide bonds. The molecule has 4 nitrogen and oxygen atoms in total. The summed E-state index contributed by atoms with van der Waals surface area (Å²) >= 11 is 0. The molecule has 3 fully saturated rings. The van der Waals surface area contributed by atoms with E-state index in [-0.39, 0.29) is 41.1 Å². The summed E-state index contributed by atoms with van der Waals surface area (Å²) in [7, 11) is 0. The average Bonchev–Trinajstić information content (AvgIpc) is 2.54. The standard InChI is InChI=1S/C13H19NO3/c1-13(2)9-10(13)12(17)14(11(9)16)6-7-4-3-5-8(7)15/h7-10,15H,3-6H2,1-2H3. The van der Waals surface area contributed by atoms with Crippen molar-refractivity contribution in [3.63, 3.8) is 0 Å². The molecule has 4 atom stereocenters. The van der Waals surface area contributed by atoms with Gasteiger partial charge < -0.3 is 5.11 Å². The number of fused-ring (bicyclic) bond motifs is 1. The number of aliphatic hydroxyl groups is 1. The van der Waals surface area contributed by atoms with E-state index in [2.05, 4.69) is 0 Å². The Bertz CT molecular complexity index is 366. The second kappa shape index (κ2) is 3.31. The molecule has 0 aromatic rings. The summed E-state index contributed by atoms with van der Waals surface area (Å²) in [6.45, 7) is 4.40. The third-order valence-electron chi connectivity index (χ3n) is 4.93. The van der Waals surface area contributed by atoms with E-state index in [0.717, 1.165) is 19.3 Å². The maximum absolute atomic E-state index is 12.1. The maximum atomic E-state index is 12.1. The molecule has 0 radical (unpaired) electrons. The lowest BCUT2D eigenvalue weighted by atomic mass is 10.0. The minimum Gasteiger partial charge on any atom is -0.393 e. The fourth-order valence-corrected chi connectivity index (χ4v) is 3.65. The first kappa shape index (κ1) is 11.2. The number of hydrogen-bond donors (Lipinski definition) is 1. The summed E-state index contributed by atoms with van der Waals surface area (Å²) in [5.74, 6) is -0.0983. The predicted octanol–water partition coefficient (Wildman–Crippen LogP) is 0.788. The fraction of sp³-hybridized carbons (Fsp3) is 0.846. The second-order valence-electron chi connectivity index (χ2n) is 6.32. The monoisotopic (exact) mass is 237 g/mol. The first-order chi connectivity index (χ1) is 7.94. The summed E-state index contributed by atoms with van der Waals surface area (Å²) in [6, 6.07) is 0. The van der Waals surface area contributed by atoms with Crippen LogP contribution in [0.15, 0.2) is 0 Å². The highest BCUT2D eigenvalue weighted by Crippen LogP contribution is 2.63. The van der Waals surface area contributed by atoms with E-state index in [9.17, 15) is 14.7 Å². The molecule has 2 aliphatic carbocycles. The number of likely N-dealkylation sites (tertiary alicyclic amines) is 1. The highest BCUT2D eigenvalue weighted by molar-refractivity contribution is 6.10. The zero-order valence-corrected chi connectivity index (χ0v) is 10.3. The first-order valence-corrected chi connectivity index (χ1v) is 6.48. The SMILES string of the molecule is CC1(C)C2C(=O)N(CC3CCCC3O)C(=O)C21. The van der Waals surface area contributed by atoms with Crippen LogP contribution in [-0.2, 0) is 9.59 Å². The van der Waals surface area contributed by atoms with Crippen molar-refractivity contribution in [1.82, 2.24) is 4.90 Å². The molecule has 3 aliphatic rings. The Hall–Kier alpha value is -0.900. The van der Waals surface area contributed by atoms with Crippen LogP contribution in [0.3, 0.4) is 0 Å². The number of amides is 2. The van der Waals surface area contributed by atoms with Crippen LogP contribution in [0.1, 0.15) is 33.1 Å². The van der Waals surface area contributed by atoms with Gasteiger partial charge in [-0.25, -0.2) is 0 Å². The van der Waals surface area contributed by atoms with Gasteiger partial charge in [-0.3, -0.25) is 14.5 Å². The third kappa shape index (κ3) is 1.39. The van der Waals surface area contributed by atoms with Gasteiger partial charge in [0.2, 0.25) is 11.8 Å². The van der Waals surface area contributed by atoms with Crippen molar-refractivity contribution in [1.29, 1.82) is 0 Å². The number of carbonyl (C=O) groups excluding carboxylic acids is 2. The van der Waals surface area contributed by atoms with Gasteiger partial charge in [0.15, 0.2) is 0 Å². The highest BCUT2D eigenvalue weighted by Gasteiger charge is 2.72. The Labute approximate surface area is 101 Å². The van der Waals surface area contributed by atoms with E-state index in [1.54, 1.807) is 0 Å². The molecule has 0 spiro atoms. The molecule has 0 aromatic heterocycles. The van der Waals surface area contributed by atoms with Crippen LogP contribution in [0.2, 0.25) is 0 Å². The van der Waals surface area contributed by atoms with Crippen molar-refractivity contribution < 1.29 is 14.7 Å². The molecule has 0 aromatic carbocycles. The van der Waals surface area contributed by atoms with Gasteiger partial charge in [0.25, 0.3) is 0 Å². The van der Waals surface area contributed by atoms with E-state index < -0.39 is 0 Å². The number of imide groups is 1. The summed E-state index contributed by atoms with van der Waals surface area (Å²) in [5.41, 5.74) is -0.126. The second-order valence-corrected chi connectivity index (χ2v) is 6.32. The molecule has 4 heteroatoms. The van der Waals surface area contributed by atoms with Crippen LogP contribution >= 0.6 is 0 Å². The van der Waals surface area contributed by atoms with E-state index in [4.69, 9.17) is 0 Å². The molecule has 1 aliphatic heterocycles. The quantitative estimate of drug-likeness (QED) is 0.722. The Morgan fingerprint density at radius 2 is 1.82 bits per heavy atom. The van der Waals surface area contributed by atoms with Crippen molar-refractivity contribution in [2.75, 3.05) is 6.54 Å². The first-order valence-electron chi connectivity index (χ1n) is 6.48. The summed E-state index contributed by atoms with van der Waals surface area (Å²) < 4.78 is 0. The van der Waals surface area contributed by atoms with Crippen LogP contribution in [0, 0.1) is 23.2 Å². The van der Waals surface area contributed by atoms with Crippen molar-refractivity contribution in [3.05, 3.63) is 0 Å².